The minimum atomic E-state index is 0.0293. The van der Waals surface area contributed by atoms with Gasteiger partial charge in [0.1, 0.15) is 0 Å². The number of hydrogen-bond donors (Lipinski definition) is 0. The standard InChI is InChI=1S/C53H55BN2S/c1-32-27-44-47-45(28-32)56(42-18-14-16-33-15-12-13-17-37(33)42)48-38-29-35(51(5,6)7)21-24-46(38)57-49(48)54(47)41-30-39-40(53(10,11)26-25-52(39,8)9)31-43(41)55(44)36-22-19-34(20-23-36)50(2,3)4/h12-24,27-31H,25-26H2,1-11H3. The molecule has 0 bridgehead atoms. The van der Waals surface area contributed by atoms with E-state index in [0.717, 1.165) is 0 Å². The molecule has 0 atom stereocenters. The summed E-state index contributed by atoms with van der Waals surface area (Å²) in [5, 5.41) is 3.89. The van der Waals surface area contributed by atoms with Gasteiger partial charge < -0.3 is 9.80 Å². The number of fused-ring (bicyclic) bond motifs is 8. The van der Waals surface area contributed by atoms with E-state index in [1.165, 1.54) is 111 Å². The Morgan fingerprint density at radius 1 is 0.579 bits per heavy atom. The normalized spacial score (nSPS) is 16.7. The first-order valence-electron chi connectivity index (χ1n) is 21.0. The van der Waals surface area contributed by atoms with Crippen molar-refractivity contribution in [3.63, 3.8) is 0 Å². The van der Waals surface area contributed by atoms with Gasteiger partial charge in [-0.15, -0.1) is 11.3 Å². The van der Waals surface area contributed by atoms with Gasteiger partial charge in [0.2, 0.25) is 0 Å². The molecule has 2 nitrogen and oxygen atoms in total. The van der Waals surface area contributed by atoms with Gasteiger partial charge in [0.05, 0.1) is 11.4 Å². The van der Waals surface area contributed by atoms with E-state index in [0.29, 0.717) is 0 Å². The molecule has 286 valence electrons. The van der Waals surface area contributed by atoms with Crippen molar-refractivity contribution in [3.05, 3.63) is 137 Å². The largest absolute Gasteiger partial charge is 0.311 e. The fourth-order valence-corrected chi connectivity index (χ4v) is 11.5. The van der Waals surface area contributed by atoms with E-state index in [1.54, 1.807) is 0 Å². The molecule has 6 aromatic carbocycles. The minimum Gasteiger partial charge on any atom is -0.311 e. The van der Waals surface area contributed by atoms with E-state index in [1.807, 2.05) is 11.3 Å². The maximum Gasteiger partial charge on any atom is 0.264 e. The van der Waals surface area contributed by atoms with Crippen LogP contribution in [0.2, 0.25) is 0 Å². The predicted octanol–water partition coefficient (Wildman–Crippen LogP) is 13.4. The second kappa shape index (κ2) is 12.1. The van der Waals surface area contributed by atoms with Crippen molar-refractivity contribution >= 4 is 88.7 Å². The molecule has 0 saturated heterocycles. The second-order valence-corrected chi connectivity index (χ2v) is 21.7. The zero-order chi connectivity index (χ0) is 40.0. The summed E-state index contributed by atoms with van der Waals surface area (Å²) >= 11 is 2.01. The molecule has 2 aliphatic heterocycles. The molecule has 0 N–H and O–H groups in total. The van der Waals surface area contributed by atoms with Crippen LogP contribution in [0.4, 0.5) is 34.1 Å². The van der Waals surface area contributed by atoms with E-state index in [4.69, 9.17) is 0 Å². The molecule has 0 radical (unpaired) electrons. The molecule has 7 aromatic rings. The molecule has 1 aliphatic carbocycles. The monoisotopic (exact) mass is 762 g/mol. The van der Waals surface area contributed by atoms with Crippen LogP contribution in [0, 0.1) is 6.92 Å². The topological polar surface area (TPSA) is 6.48 Å². The summed E-state index contributed by atoms with van der Waals surface area (Å²) in [6.07, 6.45) is 2.37. The van der Waals surface area contributed by atoms with Gasteiger partial charge in [0.25, 0.3) is 6.71 Å². The Morgan fingerprint density at radius 2 is 1.19 bits per heavy atom. The van der Waals surface area contributed by atoms with Crippen LogP contribution >= 0.6 is 11.3 Å². The highest BCUT2D eigenvalue weighted by molar-refractivity contribution is 7.33. The van der Waals surface area contributed by atoms with Crippen molar-refractivity contribution in [2.75, 3.05) is 9.80 Å². The van der Waals surface area contributed by atoms with Gasteiger partial charge in [-0.3, -0.25) is 0 Å². The highest BCUT2D eigenvalue weighted by Gasteiger charge is 2.48. The van der Waals surface area contributed by atoms with Crippen molar-refractivity contribution in [1.29, 1.82) is 0 Å². The Labute approximate surface area is 344 Å². The molecule has 0 spiro atoms. The maximum absolute atomic E-state index is 2.67. The Kier molecular flexibility index (Phi) is 7.77. The molecular weight excluding hydrogens is 707 g/mol. The molecule has 3 aliphatic rings. The first kappa shape index (κ1) is 36.5. The third-order valence-corrected chi connectivity index (χ3v) is 14.9. The Hall–Kier alpha value is -4.80. The van der Waals surface area contributed by atoms with Crippen molar-refractivity contribution < 1.29 is 0 Å². The highest BCUT2D eigenvalue weighted by Crippen LogP contribution is 2.52. The van der Waals surface area contributed by atoms with Gasteiger partial charge in [-0.1, -0.05) is 130 Å². The maximum atomic E-state index is 2.67. The Bertz CT molecular complexity index is 2780. The fourth-order valence-electron chi connectivity index (χ4n) is 10.2. The van der Waals surface area contributed by atoms with Crippen molar-refractivity contribution in [3.8, 4) is 0 Å². The van der Waals surface area contributed by atoms with Crippen LogP contribution in [0.3, 0.4) is 0 Å². The van der Waals surface area contributed by atoms with Gasteiger partial charge in [-0.25, -0.2) is 0 Å². The number of benzene rings is 6. The number of rotatable bonds is 2. The summed E-state index contributed by atoms with van der Waals surface area (Å²) in [6, 6.07) is 42.8. The third-order valence-electron chi connectivity index (χ3n) is 13.6. The molecule has 1 aromatic heterocycles. The molecule has 0 amide bonds. The molecule has 10 rings (SSSR count). The van der Waals surface area contributed by atoms with Gasteiger partial charge >= 0.3 is 0 Å². The summed E-state index contributed by atoms with van der Waals surface area (Å²) < 4.78 is 2.80. The molecular formula is C53H55BN2S. The average Bonchev–Trinajstić information content (AvgIpc) is 3.54. The first-order valence-corrected chi connectivity index (χ1v) is 21.8. The van der Waals surface area contributed by atoms with Crippen LogP contribution in [-0.2, 0) is 21.7 Å². The summed E-state index contributed by atoms with van der Waals surface area (Å²) in [7, 11) is 0. The number of anilines is 6. The van der Waals surface area contributed by atoms with Gasteiger partial charge in [-0.2, -0.15) is 0 Å². The molecule has 0 unspecified atom stereocenters. The highest BCUT2D eigenvalue weighted by atomic mass is 32.1. The first-order chi connectivity index (χ1) is 26.9. The van der Waals surface area contributed by atoms with Crippen LogP contribution in [0.15, 0.2) is 109 Å². The van der Waals surface area contributed by atoms with Crippen LogP contribution in [-0.4, -0.2) is 6.71 Å². The fraction of sp³-hybridized carbons (Fsp3) is 0.321. The van der Waals surface area contributed by atoms with Gasteiger partial charge in [0.15, 0.2) is 0 Å². The van der Waals surface area contributed by atoms with Crippen molar-refractivity contribution in [1.82, 2.24) is 0 Å². The minimum absolute atomic E-state index is 0.0293. The van der Waals surface area contributed by atoms with E-state index in [9.17, 15) is 0 Å². The van der Waals surface area contributed by atoms with E-state index >= 15 is 0 Å². The Morgan fingerprint density at radius 3 is 1.88 bits per heavy atom. The lowest BCUT2D eigenvalue weighted by Crippen LogP contribution is -2.61. The molecule has 4 heteroatoms. The third kappa shape index (κ3) is 5.49. The summed E-state index contributed by atoms with van der Waals surface area (Å²) in [5.74, 6) is 0. The lowest BCUT2D eigenvalue weighted by atomic mass is 9.35. The smallest absolute Gasteiger partial charge is 0.264 e. The predicted molar refractivity (Wildman–Crippen MR) is 251 cm³/mol. The van der Waals surface area contributed by atoms with E-state index in [2.05, 4.69) is 195 Å². The quantitative estimate of drug-likeness (QED) is 0.162. The molecule has 3 heterocycles. The lowest BCUT2D eigenvalue weighted by molar-refractivity contribution is 0.332. The molecule has 0 saturated carbocycles. The molecule has 0 fully saturated rings. The van der Waals surface area contributed by atoms with Crippen LogP contribution in [0.1, 0.15) is 110 Å². The van der Waals surface area contributed by atoms with Crippen molar-refractivity contribution in [2.45, 2.75) is 111 Å². The zero-order valence-electron chi connectivity index (χ0n) is 35.7. The zero-order valence-corrected chi connectivity index (χ0v) is 36.5. The number of aryl methyl sites for hydroxylation is 1. The summed E-state index contributed by atoms with van der Waals surface area (Å²) in [4.78, 5) is 5.28. The number of nitrogens with zero attached hydrogens (tertiary/aromatic N) is 2. The van der Waals surface area contributed by atoms with Crippen LogP contribution in [0.5, 0.6) is 0 Å². The summed E-state index contributed by atoms with van der Waals surface area (Å²) in [5.41, 5.74) is 17.8. The lowest BCUT2D eigenvalue weighted by Gasteiger charge is -2.47. The molecule has 57 heavy (non-hydrogen) atoms. The average molecular weight is 763 g/mol. The van der Waals surface area contributed by atoms with Crippen LogP contribution < -0.4 is 25.5 Å². The van der Waals surface area contributed by atoms with Crippen LogP contribution in [0.25, 0.3) is 20.9 Å². The number of thiophene rings is 1. The van der Waals surface area contributed by atoms with E-state index in [-0.39, 0.29) is 28.4 Å². The summed E-state index contributed by atoms with van der Waals surface area (Å²) in [6.45, 7) is 26.2. The Balaban J connectivity index is 1.35. The number of hydrogen-bond acceptors (Lipinski definition) is 3. The van der Waals surface area contributed by atoms with Gasteiger partial charge in [-0.05, 0) is 134 Å². The van der Waals surface area contributed by atoms with Gasteiger partial charge in [0, 0.05) is 43.0 Å². The van der Waals surface area contributed by atoms with Crippen molar-refractivity contribution in [2.24, 2.45) is 0 Å². The van der Waals surface area contributed by atoms with E-state index < -0.39 is 0 Å². The SMILES string of the molecule is Cc1cc2c3c(c1)N(c1cccc4ccccc14)c1c(sc4ccc(C(C)(C)C)cc14)B3c1cc3c(cc1N2c1ccc(C(C)(C)C)cc1)C(C)(C)CCC3(C)C. The second-order valence-electron chi connectivity index (χ2n) is 20.6.